The molecule has 21 heavy (non-hydrogen) atoms. The van der Waals surface area contributed by atoms with Crippen molar-refractivity contribution in [3.05, 3.63) is 60.4 Å². The summed E-state index contributed by atoms with van der Waals surface area (Å²) in [7, 11) is 0. The molecule has 1 heterocycles. The molecule has 3 heteroatoms. The summed E-state index contributed by atoms with van der Waals surface area (Å²) in [5.41, 5.74) is 3.12. The van der Waals surface area contributed by atoms with Crippen LogP contribution in [-0.4, -0.2) is 11.5 Å². The van der Waals surface area contributed by atoms with Gasteiger partial charge in [0.15, 0.2) is 0 Å². The van der Waals surface area contributed by atoms with Gasteiger partial charge in [-0.2, -0.15) is 0 Å². The number of rotatable bonds is 4. The quantitative estimate of drug-likeness (QED) is 0.738. The lowest BCUT2D eigenvalue weighted by Gasteiger charge is -2.12. The molecule has 0 saturated heterocycles. The van der Waals surface area contributed by atoms with E-state index >= 15 is 0 Å². The van der Waals surface area contributed by atoms with Gasteiger partial charge in [0, 0.05) is 23.2 Å². The summed E-state index contributed by atoms with van der Waals surface area (Å²) in [6.07, 6.45) is 1.01. The van der Waals surface area contributed by atoms with Crippen LogP contribution in [0.2, 0.25) is 0 Å². The molecule has 0 fully saturated rings. The summed E-state index contributed by atoms with van der Waals surface area (Å²) >= 11 is 0. The summed E-state index contributed by atoms with van der Waals surface area (Å²) in [5, 5.41) is 4.19. The van der Waals surface area contributed by atoms with Gasteiger partial charge in [-0.3, -0.25) is 0 Å². The maximum absolute atomic E-state index is 14.1. The molecule has 0 aliphatic carbocycles. The topological polar surface area (TPSA) is 24.9 Å². The van der Waals surface area contributed by atoms with Crippen LogP contribution in [0.1, 0.15) is 13.3 Å². The Morgan fingerprint density at radius 2 is 1.86 bits per heavy atom. The number of fused-ring (bicyclic) bond motifs is 1. The molecule has 0 amide bonds. The van der Waals surface area contributed by atoms with E-state index in [1.807, 2.05) is 42.5 Å². The standard InChI is InChI=1S/C18H17FN2/c1-2-11-20-17-12-16(13-7-4-3-5-8-13)21-18-14(17)9-6-10-15(18)19/h3-10,12H,2,11H2,1H3,(H,20,21). The third kappa shape index (κ3) is 2.72. The summed E-state index contributed by atoms with van der Waals surface area (Å²) < 4.78 is 14.1. The molecule has 0 spiro atoms. The number of nitrogens with one attached hydrogen (secondary N) is 1. The maximum atomic E-state index is 14.1. The van der Waals surface area contributed by atoms with Gasteiger partial charge < -0.3 is 5.32 Å². The lowest BCUT2D eigenvalue weighted by atomic mass is 10.1. The van der Waals surface area contributed by atoms with Crippen LogP contribution in [0.5, 0.6) is 0 Å². The molecule has 2 nitrogen and oxygen atoms in total. The lowest BCUT2D eigenvalue weighted by molar-refractivity contribution is 0.637. The number of anilines is 1. The van der Waals surface area contributed by atoms with E-state index in [0.717, 1.165) is 35.3 Å². The van der Waals surface area contributed by atoms with Crippen LogP contribution >= 0.6 is 0 Å². The van der Waals surface area contributed by atoms with Crippen molar-refractivity contribution in [3.63, 3.8) is 0 Å². The van der Waals surface area contributed by atoms with E-state index in [4.69, 9.17) is 0 Å². The van der Waals surface area contributed by atoms with Crippen LogP contribution in [0.4, 0.5) is 10.1 Å². The molecule has 0 radical (unpaired) electrons. The van der Waals surface area contributed by atoms with Crippen LogP contribution in [0.15, 0.2) is 54.6 Å². The van der Waals surface area contributed by atoms with Crippen LogP contribution in [0, 0.1) is 5.82 Å². The summed E-state index contributed by atoms with van der Waals surface area (Å²) in [4.78, 5) is 4.50. The minimum Gasteiger partial charge on any atom is -0.384 e. The largest absolute Gasteiger partial charge is 0.384 e. The monoisotopic (exact) mass is 280 g/mol. The Kier molecular flexibility index (Phi) is 3.82. The Hall–Kier alpha value is -2.42. The number of benzene rings is 2. The van der Waals surface area contributed by atoms with Crippen molar-refractivity contribution in [1.29, 1.82) is 0 Å². The highest BCUT2D eigenvalue weighted by Gasteiger charge is 2.10. The molecule has 0 saturated carbocycles. The van der Waals surface area contributed by atoms with Crippen LogP contribution in [-0.2, 0) is 0 Å². The zero-order valence-electron chi connectivity index (χ0n) is 11.9. The fourth-order valence-electron chi connectivity index (χ4n) is 2.38. The van der Waals surface area contributed by atoms with Gasteiger partial charge in [0.25, 0.3) is 0 Å². The Bertz CT molecular complexity index is 754. The maximum Gasteiger partial charge on any atom is 0.149 e. The average Bonchev–Trinajstić information content (AvgIpc) is 2.54. The molecule has 0 unspecified atom stereocenters. The number of pyridine rings is 1. The predicted octanol–water partition coefficient (Wildman–Crippen LogP) is 4.86. The van der Waals surface area contributed by atoms with Gasteiger partial charge in [-0.15, -0.1) is 0 Å². The minimum atomic E-state index is -0.287. The number of hydrogen-bond donors (Lipinski definition) is 1. The smallest absolute Gasteiger partial charge is 0.149 e. The number of hydrogen-bond acceptors (Lipinski definition) is 2. The van der Waals surface area contributed by atoms with Crippen molar-refractivity contribution >= 4 is 16.6 Å². The summed E-state index contributed by atoms with van der Waals surface area (Å²) in [5.74, 6) is -0.287. The highest BCUT2D eigenvalue weighted by Crippen LogP contribution is 2.29. The summed E-state index contributed by atoms with van der Waals surface area (Å²) in [6.45, 7) is 2.96. The fourth-order valence-corrected chi connectivity index (χ4v) is 2.38. The first-order valence-corrected chi connectivity index (χ1v) is 7.18. The van der Waals surface area contributed by atoms with Gasteiger partial charge in [-0.25, -0.2) is 9.37 Å². The van der Waals surface area contributed by atoms with Gasteiger partial charge >= 0.3 is 0 Å². The molecule has 2 aromatic carbocycles. The SMILES string of the molecule is CCCNc1cc(-c2ccccc2)nc2c(F)cccc12. The normalized spacial score (nSPS) is 10.8. The van der Waals surface area contributed by atoms with Crippen LogP contribution in [0.25, 0.3) is 22.2 Å². The second-order valence-corrected chi connectivity index (χ2v) is 4.98. The van der Waals surface area contributed by atoms with E-state index in [1.165, 1.54) is 6.07 Å². The number of nitrogens with zero attached hydrogens (tertiary/aromatic N) is 1. The minimum absolute atomic E-state index is 0.287. The van der Waals surface area contributed by atoms with E-state index in [1.54, 1.807) is 6.07 Å². The van der Waals surface area contributed by atoms with Crippen molar-refractivity contribution in [3.8, 4) is 11.3 Å². The Balaban J connectivity index is 2.20. The Labute approximate surface area is 123 Å². The van der Waals surface area contributed by atoms with E-state index < -0.39 is 0 Å². The molecule has 0 atom stereocenters. The molecule has 3 rings (SSSR count). The Morgan fingerprint density at radius 1 is 1.05 bits per heavy atom. The van der Waals surface area contributed by atoms with E-state index in [-0.39, 0.29) is 5.82 Å². The third-order valence-corrected chi connectivity index (χ3v) is 3.43. The first kappa shape index (κ1) is 13.6. The number of para-hydroxylation sites is 1. The van der Waals surface area contributed by atoms with Crippen molar-refractivity contribution < 1.29 is 4.39 Å². The molecule has 3 aromatic rings. The van der Waals surface area contributed by atoms with Gasteiger partial charge in [0.2, 0.25) is 0 Å². The second-order valence-electron chi connectivity index (χ2n) is 4.98. The number of halogens is 1. The fraction of sp³-hybridized carbons (Fsp3) is 0.167. The molecule has 0 aliphatic rings. The van der Waals surface area contributed by atoms with Crippen LogP contribution < -0.4 is 5.32 Å². The summed E-state index contributed by atoms with van der Waals surface area (Å²) in [6, 6.07) is 16.9. The molecule has 0 bridgehead atoms. The van der Waals surface area contributed by atoms with Gasteiger partial charge in [-0.05, 0) is 18.6 Å². The predicted molar refractivity (Wildman–Crippen MR) is 85.9 cm³/mol. The Morgan fingerprint density at radius 3 is 2.62 bits per heavy atom. The lowest BCUT2D eigenvalue weighted by Crippen LogP contribution is -2.02. The number of aromatic nitrogens is 1. The molecule has 0 aliphatic heterocycles. The second kappa shape index (κ2) is 5.92. The molecule has 1 aromatic heterocycles. The first-order valence-electron chi connectivity index (χ1n) is 7.18. The van der Waals surface area contributed by atoms with E-state index in [2.05, 4.69) is 17.2 Å². The molecular formula is C18H17FN2. The van der Waals surface area contributed by atoms with Crippen molar-refractivity contribution in [2.75, 3.05) is 11.9 Å². The third-order valence-electron chi connectivity index (χ3n) is 3.43. The zero-order chi connectivity index (χ0) is 14.7. The van der Waals surface area contributed by atoms with E-state index in [0.29, 0.717) is 5.52 Å². The average molecular weight is 280 g/mol. The molecular weight excluding hydrogens is 263 g/mol. The van der Waals surface area contributed by atoms with Crippen molar-refractivity contribution in [2.24, 2.45) is 0 Å². The van der Waals surface area contributed by atoms with E-state index in [9.17, 15) is 4.39 Å². The van der Waals surface area contributed by atoms with Crippen molar-refractivity contribution in [1.82, 2.24) is 4.98 Å². The zero-order valence-corrected chi connectivity index (χ0v) is 11.9. The first-order chi connectivity index (χ1) is 10.3. The highest BCUT2D eigenvalue weighted by molar-refractivity contribution is 5.94. The highest BCUT2D eigenvalue weighted by atomic mass is 19.1. The van der Waals surface area contributed by atoms with Crippen LogP contribution in [0.3, 0.4) is 0 Å². The van der Waals surface area contributed by atoms with Crippen molar-refractivity contribution in [2.45, 2.75) is 13.3 Å². The van der Waals surface area contributed by atoms with Gasteiger partial charge in [0.05, 0.1) is 5.69 Å². The van der Waals surface area contributed by atoms with Gasteiger partial charge in [0.1, 0.15) is 11.3 Å². The molecule has 106 valence electrons. The molecule has 1 N–H and O–H groups in total. The van der Waals surface area contributed by atoms with Gasteiger partial charge in [-0.1, -0.05) is 49.4 Å².